The molecule has 1 aliphatic heterocycles. The van der Waals surface area contributed by atoms with Gasteiger partial charge in [-0.2, -0.15) is 0 Å². The number of hydrogen-bond donors (Lipinski definition) is 3. The maximum Gasteiger partial charge on any atom is 0.0591 e. The van der Waals surface area contributed by atoms with Crippen LogP contribution in [-0.4, -0.2) is 44.5 Å². The summed E-state index contributed by atoms with van der Waals surface area (Å²) in [6.07, 6.45) is 4.68. The molecule has 0 aliphatic carbocycles. The summed E-state index contributed by atoms with van der Waals surface area (Å²) in [5.74, 6) is 0. The highest BCUT2D eigenvalue weighted by molar-refractivity contribution is 4.88. The van der Waals surface area contributed by atoms with Crippen LogP contribution in [0.2, 0.25) is 0 Å². The molecule has 104 valence electrons. The maximum atomic E-state index is 5.36. The second kappa shape index (κ2) is 14.1. The lowest BCUT2D eigenvalue weighted by Crippen LogP contribution is -2.33. The molecule has 1 unspecified atom stereocenters. The molecule has 4 N–H and O–H groups in total. The van der Waals surface area contributed by atoms with Crippen molar-refractivity contribution in [2.45, 2.75) is 19.5 Å². The number of aromatic nitrogens is 1. The van der Waals surface area contributed by atoms with Crippen molar-refractivity contribution in [3.8, 4) is 0 Å². The van der Waals surface area contributed by atoms with Crippen molar-refractivity contribution >= 4 is 0 Å². The number of morpholine rings is 1. The van der Waals surface area contributed by atoms with E-state index in [9.17, 15) is 0 Å². The van der Waals surface area contributed by atoms with E-state index < -0.39 is 0 Å². The van der Waals surface area contributed by atoms with Crippen LogP contribution in [0.4, 0.5) is 0 Å². The molecule has 18 heavy (non-hydrogen) atoms. The first kappa shape index (κ1) is 17.0. The van der Waals surface area contributed by atoms with E-state index in [1.807, 2.05) is 32.2 Å². The van der Waals surface area contributed by atoms with Crippen molar-refractivity contribution in [3.05, 3.63) is 30.6 Å². The van der Waals surface area contributed by atoms with Gasteiger partial charge in [0.05, 0.1) is 19.4 Å². The van der Waals surface area contributed by atoms with E-state index >= 15 is 0 Å². The summed E-state index contributed by atoms with van der Waals surface area (Å²) < 4.78 is 5.01. The molecule has 1 atom stereocenters. The van der Waals surface area contributed by atoms with Gasteiger partial charge >= 0.3 is 0 Å². The Morgan fingerprint density at radius 1 is 1.28 bits per heavy atom. The zero-order chi connectivity index (χ0) is 13.5. The fourth-order valence-corrected chi connectivity index (χ4v) is 1.03. The Bertz CT molecular complexity index is 200. The van der Waals surface area contributed by atoms with Gasteiger partial charge < -0.3 is 21.1 Å². The predicted molar refractivity (Wildman–Crippen MR) is 75.3 cm³/mol. The minimum Gasteiger partial charge on any atom is -0.379 e. The summed E-state index contributed by atoms with van der Waals surface area (Å²) in [6, 6.07) is 5.72. The zero-order valence-electron chi connectivity index (χ0n) is 11.4. The second-order valence-electron chi connectivity index (χ2n) is 3.69. The van der Waals surface area contributed by atoms with Crippen LogP contribution in [0.5, 0.6) is 0 Å². The number of nitrogens with zero attached hydrogens (tertiary/aromatic N) is 1. The smallest absolute Gasteiger partial charge is 0.0591 e. The van der Waals surface area contributed by atoms with E-state index in [2.05, 4.69) is 15.6 Å². The summed E-state index contributed by atoms with van der Waals surface area (Å²) in [7, 11) is 1.86. The van der Waals surface area contributed by atoms with Gasteiger partial charge in [0, 0.05) is 25.5 Å². The van der Waals surface area contributed by atoms with E-state index in [4.69, 9.17) is 10.5 Å². The maximum absolute atomic E-state index is 5.36. The van der Waals surface area contributed by atoms with Gasteiger partial charge in [-0.15, -0.1) is 0 Å². The highest BCUT2D eigenvalue weighted by atomic mass is 16.5. The van der Waals surface area contributed by atoms with E-state index in [0.717, 1.165) is 32.7 Å². The molecule has 1 saturated heterocycles. The van der Waals surface area contributed by atoms with Crippen LogP contribution in [-0.2, 0) is 4.74 Å². The van der Waals surface area contributed by atoms with Gasteiger partial charge in [-0.05, 0) is 25.6 Å². The van der Waals surface area contributed by atoms with Crippen LogP contribution in [0.15, 0.2) is 30.6 Å². The van der Waals surface area contributed by atoms with Gasteiger partial charge in [0.2, 0.25) is 0 Å². The molecular formula is C13H26N4O. The lowest BCUT2D eigenvalue weighted by atomic mass is 10.4. The van der Waals surface area contributed by atoms with E-state index in [0.29, 0.717) is 0 Å². The summed E-state index contributed by atoms with van der Waals surface area (Å²) in [6.45, 7) is 5.88. The molecule has 5 nitrogen and oxygen atoms in total. The highest BCUT2D eigenvalue weighted by Gasteiger charge is 1.93. The first-order chi connectivity index (χ1) is 8.81. The monoisotopic (exact) mass is 254 g/mol. The molecule has 0 amide bonds. The van der Waals surface area contributed by atoms with Crippen LogP contribution in [0.3, 0.4) is 0 Å². The molecule has 1 aromatic heterocycles. The van der Waals surface area contributed by atoms with E-state index in [-0.39, 0.29) is 6.17 Å². The summed E-state index contributed by atoms with van der Waals surface area (Å²) >= 11 is 0. The summed E-state index contributed by atoms with van der Waals surface area (Å²) in [5.41, 5.74) is 5.36. The van der Waals surface area contributed by atoms with Gasteiger partial charge in [-0.25, -0.2) is 0 Å². The summed E-state index contributed by atoms with van der Waals surface area (Å²) in [5, 5.41) is 6.05. The third-order valence-corrected chi connectivity index (χ3v) is 2.22. The molecule has 0 bridgehead atoms. The largest absolute Gasteiger partial charge is 0.379 e. The second-order valence-corrected chi connectivity index (χ2v) is 3.69. The van der Waals surface area contributed by atoms with Crippen molar-refractivity contribution < 1.29 is 4.74 Å². The third-order valence-electron chi connectivity index (χ3n) is 2.22. The average Bonchev–Trinajstić information content (AvgIpc) is 2.51. The quantitative estimate of drug-likeness (QED) is 0.674. The predicted octanol–water partition coefficient (Wildman–Crippen LogP) is 0.588. The number of nitrogens with one attached hydrogen (secondary N) is 2. The van der Waals surface area contributed by atoms with E-state index in [1.54, 1.807) is 12.4 Å². The van der Waals surface area contributed by atoms with E-state index in [1.165, 1.54) is 0 Å². The van der Waals surface area contributed by atoms with Crippen LogP contribution in [0, 0.1) is 0 Å². The van der Waals surface area contributed by atoms with Crippen molar-refractivity contribution in [2.75, 3.05) is 33.4 Å². The first-order valence-corrected chi connectivity index (χ1v) is 6.37. The van der Waals surface area contributed by atoms with Gasteiger partial charge in [-0.1, -0.05) is 13.0 Å². The first-order valence-electron chi connectivity index (χ1n) is 6.37. The third kappa shape index (κ3) is 13.1. The Balaban J connectivity index is 0.000000241. The molecule has 0 radical (unpaired) electrons. The molecule has 2 heterocycles. The number of rotatable bonds is 2. The normalized spacial score (nSPS) is 15.5. The fraction of sp³-hybridized carbons (Fsp3) is 0.615. The number of pyridine rings is 1. The van der Waals surface area contributed by atoms with Crippen LogP contribution < -0.4 is 16.4 Å². The lowest BCUT2D eigenvalue weighted by Gasteiger charge is -2.10. The molecule has 0 saturated carbocycles. The van der Waals surface area contributed by atoms with Crippen molar-refractivity contribution in [1.29, 1.82) is 0 Å². The van der Waals surface area contributed by atoms with Crippen molar-refractivity contribution in [1.82, 2.24) is 15.6 Å². The molecule has 2 rings (SSSR count). The SMILES string of the molecule is C1COCCN1.CCC(N)NC.c1ccncc1. The van der Waals surface area contributed by atoms with Crippen molar-refractivity contribution in [2.24, 2.45) is 5.73 Å². The number of hydrogen-bond acceptors (Lipinski definition) is 5. The van der Waals surface area contributed by atoms with Crippen LogP contribution >= 0.6 is 0 Å². The minimum atomic E-state index is 0.185. The van der Waals surface area contributed by atoms with Crippen LogP contribution in [0.25, 0.3) is 0 Å². The minimum absolute atomic E-state index is 0.185. The molecular weight excluding hydrogens is 228 g/mol. The van der Waals surface area contributed by atoms with Gasteiger partial charge in [0.1, 0.15) is 0 Å². The summed E-state index contributed by atoms with van der Waals surface area (Å²) in [4.78, 5) is 3.78. The Labute approximate surface area is 110 Å². The molecule has 1 aliphatic rings. The molecule has 0 aromatic carbocycles. The van der Waals surface area contributed by atoms with Crippen LogP contribution in [0.1, 0.15) is 13.3 Å². The number of nitrogens with two attached hydrogens (primary N) is 1. The zero-order valence-corrected chi connectivity index (χ0v) is 11.4. The Hall–Kier alpha value is -1.01. The fourth-order valence-electron chi connectivity index (χ4n) is 1.03. The Kier molecular flexibility index (Phi) is 13.3. The molecule has 1 fully saturated rings. The average molecular weight is 254 g/mol. The lowest BCUT2D eigenvalue weighted by molar-refractivity contribution is 0.109. The standard InChI is InChI=1S/C5H5N.C4H12N2.C4H9NO/c1-2-4-6-5-3-1;1-3-4(5)6-2;1-3-6-4-2-5-1/h1-5H;4,6H,3,5H2,1-2H3;5H,1-4H2. The van der Waals surface area contributed by atoms with Gasteiger partial charge in [0.15, 0.2) is 0 Å². The van der Waals surface area contributed by atoms with Crippen molar-refractivity contribution in [3.63, 3.8) is 0 Å². The number of ether oxygens (including phenoxy) is 1. The Morgan fingerprint density at radius 3 is 2.00 bits per heavy atom. The highest BCUT2D eigenvalue weighted by Crippen LogP contribution is 1.76. The molecule has 5 heteroatoms. The topological polar surface area (TPSA) is 72.2 Å². The Morgan fingerprint density at radius 2 is 1.89 bits per heavy atom. The van der Waals surface area contributed by atoms with Gasteiger partial charge in [0.25, 0.3) is 0 Å². The molecule has 1 aromatic rings. The van der Waals surface area contributed by atoms with Gasteiger partial charge in [-0.3, -0.25) is 4.98 Å². The molecule has 0 spiro atoms.